The molecule has 66 heavy (non-hydrogen) atoms. The highest BCUT2D eigenvalue weighted by Gasteiger charge is 2.23. The van der Waals surface area contributed by atoms with Crippen LogP contribution >= 0.6 is 35.3 Å². The molecule has 6 unspecified atom stereocenters. The number of unbranched alkanes of at least 4 members (excludes halogenated alkanes) is 6. The van der Waals surface area contributed by atoms with Crippen LogP contribution < -0.4 is 31.9 Å². The van der Waals surface area contributed by atoms with E-state index in [-0.39, 0.29) is 16.5 Å². The van der Waals surface area contributed by atoms with Gasteiger partial charge in [-0.1, -0.05) is 234 Å². The van der Waals surface area contributed by atoms with Gasteiger partial charge in [-0.2, -0.15) is 15.0 Å². The third-order valence-electron chi connectivity index (χ3n) is 14.1. The third kappa shape index (κ3) is 31.2. The first-order chi connectivity index (χ1) is 32.2. The van der Waals surface area contributed by atoms with E-state index in [0.29, 0.717) is 35.5 Å². The van der Waals surface area contributed by atoms with E-state index < -0.39 is 0 Å². The zero-order valence-corrected chi connectivity index (χ0v) is 47.9. The van der Waals surface area contributed by atoms with Crippen LogP contribution in [0.1, 0.15) is 237 Å². The quantitative estimate of drug-likeness (QED) is 0.0276. The normalized spacial score (nSPS) is 16.2. The molecule has 1 rings (SSSR count). The minimum Gasteiger partial charge on any atom is -0.293 e. The summed E-state index contributed by atoms with van der Waals surface area (Å²) in [5.41, 5.74) is 0.0252. The molecule has 0 bridgehead atoms. The Morgan fingerprint density at radius 3 is 0.591 bits per heavy atom. The van der Waals surface area contributed by atoms with Crippen molar-refractivity contribution in [1.29, 1.82) is 0 Å². The molecule has 6 atom stereocenters. The van der Waals surface area contributed by atoms with Crippen LogP contribution in [0.4, 0.5) is 0 Å². The summed E-state index contributed by atoms with van der Waals surface area (Å²) < 4.78 is 0. The number of nitrogens with one attached hydrogen (secondary N) is 6. The number of thioether (sulfide) groups is 3. The molecule has 0 aromatic carbocycles. The van der Waals surface area contributed by atoms with Crippen LogP contribution in [0.5, 0.6) is 0 Å². The van der Waals surface area contributed by atoms with Crippen molar-refractivity contribution in [2.75, 3.05) is 39.3 Å². The number of rotatable bonds is 48. The fourth-order valence-corrected chi connectivity index (χ4v) is 11.3. The average Bonchev–Trinajstić information content (AvgIpc) is 3.33. The molecular weight excluding hydrogens is 871 g/mol. The molecule has 6 N–H and O–H groups in total. The number of hydrogen-bond acceptors (Lipinski definition) is 12. The Balaban J connectivity index is 3.80. The van der Waals surface area contributed by atoms with Gasteiger partial charge in [0.2, 0.25) is 0 Å². The van der Waals surface area contributed by atoms with Crippen molar-refractivity contribution in [1.82, 2.24) is 46.9 Å². The van der Waals surface area contributed by atoms with Crippen LogP contribution in [0, 0.1) is 35.5 Å². The lowest BCUT2D eigenvalue weighted by molar-refractivity contribution is 0.370. The predicted octanol–water partition coefficient (Wildman–Crippen LogP) is 14.8. The average molecular weight is 983 g/mol. The predicted molar refractivity (Wildman–Crippen MR) is 297 cm³/mol. The fraction of sp³-hybridized carbons (Fsp3) is 0.944. The second-order valence-electron chi connectivity index (χ2n) is 19.6. The molecule has 1 heterocycles. The molecule has 390 valence electrons. The molecule has 0 amide bonds. The zero-order valence-electron chi connectivity index (χ0n) is 45.5. The summed E-state index contributed by atoms with van der Waals surface area (Å²) in [5.74, 6) is 3.95. The molecule has 1 aromatic heterocycles. The Bertz CT molecular complexity index is 1000. The van der Waals surface area contributed by atoms with E-state index in [4.69, 9.17) is 15.0 Å². The molecule has 0 aliphatic heterocycles. The summed E-state index contributed by atoms with van der Waals surface area (Å²) in [4.78, 5) is 16.0. The molecule has 9 nitrogen and oxygen atoms in total. The third-order valence-corrected chi connectivity index (χ3v) is 16.9. The molecule has 0 saturated carbocycles. The van der Waals surface area contributed by atoms with E-state index in [2.05, 4.69) is 115 Å². The van der Waals surface area contributed by atoms with Crippen LogP contribution in [0.2, 0.25) is 0 Å². The number of aromatic nitrogens is 3. The molecule has 12 heteroatoms. The van der Waals surface area contributed by atoms with Crippen LogP contribution in [0.3, 0.4) is 0 Å². The standard InChI is InChI=1S/C54H111N9S3/c1-13-25-31-43(19-7)37-55-49(56-38-44(20-8)32-26-14-2)64-52-61-53(65-50(57-39-45(21-9)33-27-15-3)58-40-46(22-10)34-28-16-4)63-54(62-52)66-51(59-41-47(23-11)35-29-17-5)60-42-48(24-12)36-30-18-6/h43-51,55-60H,13-42H2,1-12H3. The molecule has 0 fully saturated rings. The summed E-state index contributed by atoms with van der Waals surface area (Å²) in [6.07, 6.45) is 29.9. The van der Waals surface area contributed by atoms with E-state index >= 15 is 0 Å². The Morgan fingerprint density at radius 1 is 0.288 bits per heavy atom. The molecule has 0 saturated heterocycles. The lowest BCUT2D eigenvalue weighted by Gasteiger charge is -2.27. The summed E-state index contributed by atoms with van der Waals surface area (Å²) in [6, 6.07) is 0. The van der Waals surface area contributed by atoms with Gasteiger partial charge in [0, 0.05) is 39.3 Å². The van der Waals surface area contributed by atoms with Crippen molar-refractivity contribution in [3.05, 3.63) is 0 Å². The van der Waals surface area contributed by atoms with E-state index in [0.717, 1.165) is 54.7 Å². The number of hydrogen-bond donors (Lipinski definition) is 6. The van der Waals surface area contributed by atoms with E-state index in [1.54, 1.807) is 35.3 Å². The summed E-state index contributed by atoms with van der Waals surface area (Å²) in [6.45, 7) is 33.9. The van der Waals surface area contributed by atoms with Gasteiger partial charge in [0.05, 0.1) is 0 Å². The van der Waals surface area contributed by atoms with Crippen molar-refractivity contribution < 1.29 is 0 Å². The second kappa shape index (κ2) is 43.6. The maximum Gasteiger partial charge on any atom is 0.195 e. The first-order valence-corrected chi connectivity index (χ1v) is 31.0. The van der Waals surface area contributed by atoms with E-state index in [1.807, 2.05) is 0 Å². The van der Waals surface area contributed by atoms with Crippen LogP contribution in [0.25, 0.3) is 0 Å². The number of nitrogens with zero attached hydrogens (tertiary/aromatic N) is 3. The maximum atomic E-state index is 5.34. The van der Waals surface area contributed by atoms with Gasteiger partial charge < -0.3 is 0 Å². The monoisotopic (exact) mass is 982 g/mol. The summed E-state index contributed by atoms with van der Waals surface area (Å²) in [7, 11) is 0. The van der Waals surface area contributed by atoms with E-state index in [1.165, 1.54) is 154 Å². The van der Waals surface area contributed by atoms with Gasteiger partial charge in [0.25, 0.3) is 0 Å². The summed E-state index contributed by atoms with van der Waals surface area (Å²) in [5, 5.41) is 26.4. The molecule has 1 aromatic rings. The molecule has 0 spiro atoms. The van der Waals surface area contributed by atoms with Gasteiger partial charge in [0.15, 0.2) is 15.5 Å². The molecular formula is C54H111N9S3. The second-order valence-corrected chi connectivity index (χ2v) is 22.8. The lowest BCUT2D eigenvalue weighted by atomic mass is 9.99. The van der Waals surface area contributed by atoms with Crippen molar-refractivity contribution in [3.8, 4) is 0 Å². The van der Waals surface area contributed by atoms with Gasteiger partial charge in [-0.3, -0.25) is 31.9 Å². The minimum absolute atomic E-state index is 0.00839. The minimum atomic E-state index is 0.00839. The Morgan fingerprint density at radius 2 is 0.455 bits per heavy atom. The lowest BCUT2D eigenvalue weighted by Crippen LogP contribution is -2.44. The van der Waals surface area contributed by atoms with Crippen LogP contribution in [0.15, 0.2) is 15.5 Å². The first-order valence-electron chi connectivity index (χ1n) is 28.3. The van der Waals surface area contributed by atoms with Gasteiger partial charge in [-0.15, -0.1) is 0 Å². The SMILES string of the molecule is CCCCC(CC)CNC(NCC(CC)CCCC)Sc1nc(SC(NCC(CC)CCCC)NCC(CC)CCCC)nc(SC(NCC(CC)CCCC)NCC(CC)CCCC)n1. The topological polar surface area (TPSA) is 111 Å². The fourth-order valence-electron chi connectivity index (χ4n) is 8.56. The molecule has 0 aliphatic rings. The van der Waals surface area contributed by atoms with Crippen LogP contribution in [-0.4, -0.2) is 70.7 Å². The van der Waals surface area contributed by atoms with Crippen molar-refractivity contribution in [2.45, 2.75) is 269 Å². The maximum absolute atomic E-state index is 5.34. The molecule has 0 aliphatic carbocycles. The summed E-state index contributed by atoms with van der Waals surface area (Å²) >= 11 is 5.26. The Labute approximate surface area is 423 Å². The first kappa shape index (κ1) is 63.8. The molecule has 0 radical (unpaired) electrons. The smallest absolute Gasteiger partial charge is 0.195 e. The highest BCUT2D eigenvalue weighted by Crippen LogP contribution is 2.29. The van der Waals surface area contributed by atoms with Crippen molar-refractivity contribution >= 4 is 35.3 Å². The van der Waals surface area contributed by atoms with Crippen molar-refractivity contribution in [2.24, 2.45) is 35.5 Å². The zero-order chi connectivity index (χ0) is 48.6. The highest BCUT2D eigenvalue weighted by molar-refractivity contribution is 8.00. The van der Waals surface area contributed by atoms with Crippen LogP contribution in [-0.2, 0) is 0 Å². The van der Waals surface area contributed by atoms with E-state index in [9.17, 15) is 0 Å². The van der Waals surface area contributed by atoms with Crippen molar-refractivity contribution in [3.63, 3.8) is 0 Å². The Hall–Kier alpha value is -0.180. The Kier molecular flexibility index (Phi) is 42.2. The van der Waals surface area contributed by atoms with Gasteiger partial charge in [0.1, 0.15) is 16.5 Å². The largest absolute Gasteiger partial charge is 0.293 e. The highest BCUT2D eigenvalue weighted by atomic mass is 32.2. The van der Waals surface area contributed by atoms with Gasteiger partial charge in [-0.05, 0) is 74.0 Å². The van der Waals surface area contributed by atoms with Gasteiger partial charge in [-0.25, -0.2) is 0 Å². The van der Waals surface area contributed by atoms with Gasteiger partial charge >= 0.3 is 0 Å².